The molecule has 1 fully saturated rings. The van der Waals surface area contributed by atoms with E-state index in [1.54, 1.807) is 0 Å². The minimum absolute atomic E-state index is 0. The molecular weight excluding hydrogens is 390 g/mol. The Kier molecular flexibility index (Phi) is 6.88. The maximum atomic E-state index is 10.5. The number of rotatable bonds is 6. The molecule has 0 aliphatic carbocycles. The van der Waals surface area contributed by atoms with Gasteiger partial charge in [0.2, 0.25) is 0 Å². The first-order valence-corrected chi connectivity index (χ1v) is 10.0. The Labute approximate surface area is 178 Å². The second-order valence-corrected chi connectivity index (χ2v) is 8.22. The smallest absolute Gasteiger partial charge is 0.165 e. The van der Waals surface area contributed by atoms with Crippen molar-refractivity contribution in [1.82, 2.24) is 9.88 Å². The maximum Gasteiger partial charge on any atom is 0.165 e. The first-order chi connectivity index (χ1) is 13.5. The molecule has 1 unspecified atom stereocenters. The Morgan fingerprint density at radius 2 is 1.93 bits per heavy atom. The van der Waals surface area contributed by atoms with Gasteiger partial charge in [0.25, 0.3) is 0 Å². The quantitative estimate of drug-likeness (QED) is 0.777. The zero-order valence-corrected chi connectivity index (χ0v) is 17.9. The van der Waals surface area contributed by atoms with Gasteiger partial charge in [-0.25, -0.2) is 4.98 Å². The van der Waals surface area contributed by atoms with Crippen molar-refractivity contribution in [2.24, 2.45) is 0 Å². The summed E-state index contributed by atoms with van der Waals surface area (Å²) >= 11 is 0. The van der Waals surface area contributed by atoms with Gasteiger partial charge in [-0.2, -0.15) is 0 Å². The van der Waals surface area contributed by atoms with E-state index < -0.39 is 6.10 Å². The molecule has 7 heteroatoms. The van der Waals surface area contributed by atoms with E-state index >= 15 is 0 Å². The minimum Gasteiger partial charge on any atom is -0.487 e. The summed E-state index contributed by atoms with van der Waals surface area (Å²) in [5.74, 6) is 2.57. The number of aliphatic hydroxyl groups is 1. The largest absolute Gasteiger partial charge is 0.487 e. The van der Waals surface area contributed by atoms with Gasteiger partial charge in [0.1, 0.15) is 24.1 Å². The third kappa shape index (κ3) is 5.32. The zero-order chi connectivity index (χ0) is 19.6. The van der Waals surface area contributed by atoms with Crippen LogP contribution in [0.25, 0.3) is 0 Å². The highest BCUT2D eigenvalue weighted by atomic mass is 35.5. The monoisotopic (exact) mass is 419 g/mol. The molecule has 2 aliphatic rings. The van der Waals surface area contributed by atoms with Gasteiger partial charge in [-0.15, -0.1) is 12.4 Å². The van der Waals surface area contributed by atoms with Gasteiger partial charge in [-0.05, 0) is 32.0 Å². The molecule has 6 nitrogen and oxygen atoms in total. The summed E-state index contributed by atoms with van der Waals surface area (Å²) in [5.41, 5.74) is 0.968. The van der Waals surface area contributed by atoms with E-state index in [4.69, 9.17) is 9.47 Å². The molecule has 1 atom stereocenters. The van der Waals surface area contributed by atoms with Crippen molar-refractivity contribution in [2.45, 2.75) is 32.0 Å². The van der Waals surface area contributed by atoms with Crippen LogP contribution in [0.3, 0.4) is 0 Å². The SMILES string of the molecule is CC1(C)Cc2cccc(OCC(O)CN3CCN(c4ccccn4)CC3)c2O1.Cl. The van der Waals surface area contributed by atoms with Crippen LogP contribution >= 0.6 is 12.4 Å². The van der Waals surface area contributed by atoms with Crippen molar-refractivity contribution in [3.63, 3.8) is 0 Å². The van der Waals surface area contributed by atoms with Gasteiger partial charge >= 0.3 is 0 Å². The molecule has 0 radical (unpaired) electrons. The summed E-state index contributed by atoms with van der Waals surface area (Å²) in [6, 6.07) is 12.0. The molecule has 0 saturated carbocycles. The fourth-order valence-corrected chi connectivity index (χ4v) is 3.94. The number of aromatic nitrogens is 1. The van der Waals surface area contributed by atoms with Gasteiger partial charge in [-0.3, -0.25) is 4.90 Å². The molecule has 1 N–H and O–H groups in total. The Bertz CT molecular complexity index is 795. The lowest BCUT2D eigenvalue weighted by atomic mass is 10.0. The Morgan fingerprint density at radius 1 is 1.14 bits per heavy atom. The number of hydrogen-bond acceptors (Lipinski definition) is 6. The lowest BCUT2D eigenvalue weighted by molar-refractivity contribution is 0.0631. The molecule has 3 heterocycles. The van der Waals surface area contributed by atoms with Gasteiger partial charge < -0.3 is 19.5 Å². The molecule has 29 heavy (non-hydrogen) atoms. The predicted molar refractivity (Wildman–Crippen MR) is 116 cm³/mol. The van der Waals surface area contributed by atoms with E-state index in [1.807, 2.05) is 36.5 Å². The average Bonchev–Trinajstić information content (AvgIpc) is 3.02. The average molecular weight is 420 g/mol. The fourth-order valence-electron chi connectivity index (χ4n) is 3.94. The van der Waals surface area contributed by atoms with Crippen molar-refractivity contribution in [3.8, 4) is 11.5 Å². The molecule has 4 rings (SSSR count). The number of halogens is 1. The first kappa shape index (κ1) is 21.7. The number of para-hydroxylation sites is 1. The van der Waals surface area contributed by atoms with Gasteiger partial charge in [0, 0.05) is 50.9 Å². The van der Waals surface area contributed by atoms with Gasteiger partial charge in [0.05, 0.1) is 0 Å². The molecule has 1 saturated heterocycles. The Hall–Kier alpha value is -2.02. The number of anilines is 1. The third-order valence-corrected chi connectivity index (χ3v) is 5.30. The number of benzene rings is 1. The number of fused-ring (bicyclic) bond motifs is 1. The standard InChI is InChI=1S/C22H29N3O3.ClH/c1-22(2)14-17-6-5-7-19(21(17)28-22)27-16-18(26)15-24-10-12-25(13-11-24)20-8-3-4-9-23-20;/h3-9,18,26H,10-16H2,1-2H3;1H. The zero-order valence-electron chi connectivity index (χ0n) is 17.1. The van der Waals surface area contributed by atoms with Crippen LogP contribution < -0.4 is 14.4 Å². The molecule has 1 aromatic carbocycles. The lowest BCUT2D eigenvalue weighted by Crippen LogP contribution is -2.49. The summed E-state index contributed by atoms with van der Waals surface area (Å²) in [6.07, 6.45) is 2.17. The highest BCUT2D eigenvalue weighted by molar-refractivity contribution is 5.85. The number of nitrogens with zero attached hydrogens (tertiary/aromatic N) is 3. The van der Waals surface area contributed by atoms with Crippen molar-refractivity contribution in [1.29, 1.82) is 0 Å². The number of hydrogen-bond donors (Lipinski definition) is 1. The third-order valence-electron chi connectivity index (χ3n) is 5.30. The molecule has 1 aromatic heterocycles. The molecule has 2 aliphatic heterocycles. The Morgan fingerprint density at radius 3 is 2.66 bits per heavy atom. The van der Waals surface area contributed by atoms with Crippen molar-refractivity contribution < 1.29 is 14.6 Å². The second kappa shape index (κ2) is 9.20. The van der Waals surface area contributed by atoms with E-state index in [1.165, 1.54) is 5.56 Å². The van der Waals surface area contributed by atoms with Crippen molar-refractivity contribution in [3.05, 3.63) is 48.2 Å². The van der Waals surface area contributed by atoms with Crippen LogP contribution in [0.4, 0.5) is 5.82 Å². The first-order valence-electron chi connectivity index (χ1n) is 10.0. The fraction of sp³-hybridized carbons (Fsp3) is 0.500. The molecule has 2 aromatic rings. The highest BCUT2D eigenvalue weighted by Gasteiger charge is 2.32. The van der Waals surface area contributed by atoms with Gasteiger partial charge in [-0.1, -0.05) is 18.2 Å². The maximum absolute atomic E-state index is 10.5. The summed E-state index contributed by atoms with van der Waals surface area (Å²) in [7, 11) is 0. The minimum atomic E-state index is -0.535. The number of piperazine rings is 1. The van der Waals surface area contributed by atoms with E-state index in [0.29, 0.717) is 6.54 Å². The van der Waals surface area contributed by atoms with Crippen LogP contribution in [0.1, 0.15) is 19.4 Å². The molecule has 0 bridgehead atoms. The van der Waals surface area contributed by atoms with Crippen LogP contribution in [0.5, 0.6) is 11.5 Å². The second-order valence-electron chi connectivity index (χ2n) is 8.22. The summed E-state index contributed by atoms with van der Waals surface area (Å²) in [6.45, 7) is 8.68. The van der Waals surface area contributed by atoms with Crippen LogP contribution in [0.2, 0.25) is 0 Å². The van der Waals surface area contributed by atoms with Crippen LogP contribution in [0, 0.1) is 0 Å². The lowest BCUT2D eigenvalue weighted by Gasteiger charge is -2.36. The Balaban J connectivity index is 0.00000240. The van der Waals surface area contributed by atoms with Crippen molar-refractivity contribution >= 4 is 18.2 Å². The van der Waals surface area contributed by atoms with Crippen LogP contribution in [-0.4, -0.2) is 66.0 Å². The molecular formula is C22H30ClN3O3. The number of β-amino-alcohol motifs (C(OH)–C–C–N with tert-alkyl or cyclic N) is 1. The summed E-state index contributed by atoms with van der Waals surface area (Å²) in [4.78, 5) is 8.98. The molecule has 158 valence electrons. The number of pyridine rings is 1. The van der Waals surface area contributed by atoms with Gasteiger partial charge in [0.15, 0.2) is 11.5 Å². The topological polar surface area (TPSA) is 58.1 Å². The molecule has 0 spiro atoms. The van der Waals surface area contributed by atoms with E-state index in [2.05, 4.69) is 34.7 Å². The molecule has 0 amide bonds. The summed E-state index contributed by atoms with van der Waals surface area (Å²) in [5, 5.41) is 10.5. The van der Waals surface area contributed by atoms with E-state index in [0.717, 1.165) is 49.9 Å². The normalized spacial score (nSPS) is 19.1. The van der Waals surface area contributed by atoms with E-state index in [9.17, 15) is 5.11 Å². The highest BCUT2D eigenvalue weighted by Crippen LogP contribution is 2.41. The van der Waals surface area contributed by atoms with Crippen LogP contribution in [0.15, 0.2) is 42.6 Å². The predicted octanol–water partition coefficient (Wildman–Crippen LogP) is 2.78. The summed E-state index contributed by atoms with van der Waals surface area (Å²) < 4.78 is 11.9. The van der Waals surface area contributed by atoms with Crippen LogP contribution in [-0.2, 0) is 6.42 Å². The number of ether oxygens (including phenoxy) is 2. The number of aliphatic hydroxyl groups excluding tert-OH is 1. The van der Waals surface area contributed by atoms with E-state index in [-0.39, 0.29) is 24.6 Å². The van der Waals surface area contributed by atoms with Crippen molar-refractivity contribution in [2.75, 3.05) is 44.2 Å².